The molecule has 3 aromatic rings. The Morgan fingerprint density at radius 2 is 2.05 bits per heavy atom. The molecule has 5 nitrogen and oxygen atoms in total. The molecule has 2 heterocycles. The Labute approximate surface area is 110 Å². The average Bonchev–Trinajstić information content (AvgIpc) is 2.82. The summed E-state index contributed by atoms with van der Waals surface area (Å²) >= 11 is 5.78. The van der Waals surface area contributed by atoms with Crippen LogP contribution in [0.2, 0.25) is 5.15 Å². The van der Waals surface area contributed by atoms with Crippen LogP contribution in [0.4, 0.5) is 8.78 Å². The van der Waals surface area contributed by atoms with Crippen LogP contribution in [0.15, 0.2) is 30.6 Å². The predicted octanol–water partition coefficient (Wildman–Crippen LogP) is 2.85. The molecule has 1 aromatic carbocycles. The van der Waals surface area contributed by atoms with E-state index in [0.717, 1.165) is 18.2 Å². The Morgan fingerprint density at radius 3 is 2.89 bits per heavy atom. The zero-order valence-electron chi connectivity index (χ0n) is 9.22. The predicted molar refractivity (Wildman–Crippen MR) is 62.2 cm³/mol. The topological polar surface area (TPSA) is 52.3 Å². The van der Waals surface area contributed by atoms with Gasteiger partial charge < -0.3 is 4.74 Å². The molecule has 0 radical (unpaired) electrons. The SMILES string of the molecule is Fc1ccc(F)c(Oc2cc(Cl)nc3ncnn23)c1. The summed E-state index contributed by atoms with van der Waals surface area (Å²) in [5, 5.41) is 3.96. The van der Waals surface area contributed by atoms with E-state index in [9.17, 15) is 8.78 Å². The molecule has 0 amide bonds. The van der Waals surface area contributed by atoms with Crippen LogP contribution in [0.1, 0.15) is 0 Å². The lowest BCUT2D eigenvalue weighted by Gasteiger charge is -2.07. The third-order valence-corrected chi connectivity index (χ3v) is 2.49. The summed E-state index contributed by atoms with van der Waals surface area (Å²) in [7, 11) is 0. The highest BCUT2D eigenvalue weighted by molar-refractivity contribution is 6.29. The van der Waals surface area contributed by atoms with Gasteiger partial charge in [0.1, 0.15) is 17.3 Å². The summed E-state index contributed by atoms with van der Waals surface area (Å²) in [6, 6.07) is 4.21. The van der Waals surface area contributed by atoms with Gasteiger partial charge in [0, 0.05) is 12.1 Å². The first-order chi connectivity index (χ1) is 9.13. The third kappa shape index (κ3) is 2.19. The van der Waals surface area contributed by atoms with Crippen molar-refractivity contribution in [2.24, 2.45) is 0 Å². The molecule has 96 valence electrons. The van der Waals surface area contributed by atoms with Gasteiger partial charge in [0.25, 0.3) is 5.78 Å². The summed E-state index contributed by atoms with van der Waals surface area (Å²) < 4.78 is 33.0. The fourth-order valence-corrected chi connectivity index (χ4v) is 1.67. The van der Waals surface area contributed by atoms with Gasteiger partial charge in [0.15, 0.2) is 11.6 Å². The zero-order chi connectivity index (χ0) is 13.4. The lowest BCUT2D eigenvalue weighted by Crippen LogP contribution is -1.99. The molecule has 19 heavy (non-hydrogen) atoms. The maximum absolute atomic E-state index is 13.5. The van der Waals surface area contributed by atoms with E-state index in [4.69, 9.17) is 16.3 Å². The number of halogens is 3. The number of nitrogens with zero attached hydrogens (tertiary/aromatic N) is 4. The molecular weight excluding hydrogens is 278 g/mol. The molecule has 0 spiro atoms. The van der Waals surface area contributed by atoms with Gasteiger partial charge in [0.2, 0.25) is 5.88 Å². The second kappa shape index (κ2) is 4.43. The first-order valence-corrected chi connectivity index (χ1v) is 5.50. The highest BCUT2D eigenvalue weighted by Gasteiger charge is 2.12. The second-order valence-electron chi connectivity index (χ2n) is 3.57. The van der Waals surface area contributed by atoms with Crippen molar-refractivity contribution in [2.45, 2.75) is 0 Å². The lowest BCUT2D eigenvalue weighted by molar-refractivity contribution is 0.410. The van der Waals surface area contributed by atoms with Crippen molar-refractivity contribution in [3.63, 3.8) is 0 Å². The van der Waals surface area contributed by atoms with Crippen LogP contribution in [0.3, 0.4) is 0 Å². The van der Waals surface area contributed by atoms with E-state index in [1.165, 1.54) is 16.9 Å². The Balaban J connectivity index is 2.10. The molecule has 0 N–H and O–H groups in total. The molecular formula is C11H5ClF2N4O. The molecule has 2 aromatic heterocycles. The minimum absolute atomic E-state index is 0.0806. The second-order valence-corrected chi connectivity index (χ2v) is 3.95. The van der Waals surface area contributed by atoms with Gasteiger partial charge in [-0.3, -0.25) is 0 Å². The van der Waals surface area contributed by atoms with E-state index in [2.05, 4.69) is 15.1 Å². The van der Waals surface area contributed by atoms with Crippen molar-refractivity contribution in [2.75, 3.05) is 0 Å². The van der Waals surface area contributed by atoms with Crippen molar-refractivity contribution in [3.8, 4) is 11.6 Å². The fourth-order valence-electron chi connectivity index (χ4n) is 1.50. The van der Waals surface area contributed by atoms with E-state index in [-0.39, 0.29) is 22.6 Å². The maximum atomic E-state index is 13.5. The highest BCUT2D eigenvalue weighted by atomic mass is 35.5. The fraction of sp³-hybridized carbons (Fsp3) is 0. The van der Waals surface area contributed by atoms with Crippen molar-refractivity contribution >= 4 is 17.4 Å². The number of benzene rings is 1. The summed E-state index contributed by atoms with van der Waals surface area (Å²) in [5.74, 6) is -1.33. The molecule has 0 unspecified atom stereocenters. The lowest BCUT2D eigenvalue weighted by atomic mass is 10.3. The van der Waals surface area contributed by atoms with Gasteiger partial charge in [0.05, 0.1) is 0 Å². The minimum Gasteiger partial charge on any atom is -0.436 e. The van der Waals surface area contributed by atoms with Gasteiger partial charge >= 0.3 is 0 Å². The normalized spacial score (nSPS) is 10.9. The Bertz CT molecular complexity index is 762. The summed E-state index contributed by atoms with van der Waals surface area (Å²) in [4.78, 5) is 7.72. The molecule has 0 fully saturated rings. The molecule has 0 saturated heterocycles. The molecule has 8 heteroatoms. The quantitative estimate of drug-likeness (QED) is 0.678. The van der Waals surface area contributed by atoms with Crippen molar-refractivity contribution in [3.05, 3.63) is 47.4 Å². The van der Waals surface area contributed by atoms with Gasteiger partial charge in [-0.25, -0.2) is 8.78 Å². The number of hydrogen-bond donors (Lipinski definition) is 0. The van der Waals surface area contributed by atoms with Crippen LogP contribution >= 0.6 is 11.6 Å². The third-order valence-electron chi connectivity index (χ3n) is 2.30. The van der Waals surface area contributed by atoms with Crippen molar-refractivity contribution < 1.29 is 13.5 Å². The van der Waals surface area contributed by atoms with Gasteiger partial charge in [-0.15, -0.1) is 0 Å². The molecule has 0 atom stereocenters. The Hall–Kier alpha value is -2.28. The first-order valence-electron chi connectivity index (χ1n) is 5.13. The zero-order valence-corrected chi connectivity index (χ0v) is 9.97. The summed E-state index contributed by atoms with van der Waals surface area (Å²) in [5.41, 5.74) is 0. The largest absolute Gasteiger partial charge is 0.436 e. The van der Waals surface area contributed by atoms with Crippen LogP contribution in [0.25, 0.3) is 5.78 Å². The maximum Gasteiger partial charge on any atom is 0.256 e. The number of hydrogen-bond acceptors (Lipinski definition) is 4. The average molecular weight is 283 g/mol. The first kappa shape index (κ1) is 11.8. The van der Waals surface area contributed by atoms with E-state index < -0.39 is 11.6 Å². The minimum atomic E-state index is -0.706. The van der Waals surface area contributed by atoms with Crippen LogP contribution in [-0.4, -0.2) is 19.6 Å². The Morgan fingerprint density at radius 1 is 1.21 bits per heavy atom. The standard InChI is InChI=1S/C11H5ClF2N4O/c12-9-4-10(18-11(17-9)15-5-16-18)19-8-3-6(13)1-2-7(8)14/h1-5H. The number of fused-ring (bicyclic) bond motifs is 1. The van der Waals surface area contributed by atoms with E-state index >= 15 is 0 Å². The summed E-state index contributed by atoms with van der Waals surface area (Å²) in [6.07, 6.45) is 1.24. The van der Waals surface area contributed by atoms with E-state index in [0.29, 0.717) is 0 Å². The van der Waals surface area contributed by atoms with E-state index in [1.54, 1.807) is 0 Å². The monoisotopic (exact) mass is 282 g/mol. The number of rotatable bonds is 2. The number of ether oxygens (including phenoxy) is 1. The van der Waals surface area contributed by atoms with Crippen LogP contribution in [0, 0.1) is 11.6 Å². The van der Waals surface area contributed by atoms with Gasteiger partial charge in [-0.05, 0) is 12.1 Å². The molecule has 0 aliphatic carbocycles. The van der Waals surface area contributed by atoms with Crippen LogP contribution in [0.5, 0.6) is 11.6 Å². The van der Waals surface area contributed by atoms with Crippen LogP contribution in [-0.2, 0) is 0 Å². The highest BCUT2D eigenvalue weighted by Crippen LogP contribution is 2.26. The van der Waals surface area contributed by atoms with Crippen molar-refractivity contribution in [1.29, 1.82) is 0 Å². The smallest absolute Gasteiger partial charge is 0.256 e. The van der Waals surface area contributed by atoms with Crippen LogP contribution < -0.4 is 4.74 Å². The molecule has 0 saturated carbocycles. The summed E-state index contributed by atoms with van der Waals surface area (Å²) in [6.45, 7) is 0. The molecule has 0 bridgehead atoms. The molecule has 0 aliphatic heterocycles. The van der Waals surface area contributed by atoms with Crippen molar-refractivity contribution in [1.82, 2.24) is 19.6 Å². The number of aromatic nitrogens is 4. The van der Waals surface area contributed by atoms with E-state index in [1.807, 2.05) is 0 Å². The molecule has 3 rings (SSSR count). The van der Waals surface area contributed by atoms with Gasteiger partial charge in [-0.2, -0.15) is 19.6 Å². The molecule has 0 aliphatic rings. The van der Waals surface area contributed by atoms with Gasteiger partial charge in [-0.1, -0.05) is 11.6 Å². The Kier molecular flexibility index (Phi) is 2.75.